The predicted molar refractivity (Wildman–Crippen MR) is 96.4 cm³/mol. The zero-order chi connectivity index (χ0) is 19.2. The number of nitrogens with one attached hydrogen (secondary N) is 1. The minimum Gasteiger partial charge on any atom is -0.454 e. The van der Waals surface area contributed by atoms with Gasteiger partial charge in [0, 0.05) is 18.2 Å². The van der Waals surface area contributed by atoms with Gasteiger partial charge in [-0.2, -0.15) is 0 Å². The maximum absolute atomic E-state index is 13.1. The number of hydrogen-bond acceptors (Lipinski definition) is 4. The van der Waals surface area contributed by atoms with Gasteiger partial charge in [0.05, 0.1) is 0 Å². The molecule has 1 N–H and O–H groups in total. The molecule has 2 amide bonds. The number of fused-ring (bicyclic) bond motifs is 1. The highest BCUT2D eigenvalue weighted by Crippen LogP contribution is 2.35. The van der Waals surface area contributed by atoms with Gasteiger partial charge in [-0.1, -0.05) is 18.9 Å². The van der Waals surface area contributed by atoms with Crippen LogP contribution in [-0.2, 0) is 14.3 Å². The summed E-state index contributed by atoms with van der Waals surface area (Å²) in [6.07, 6.45) is 6.71. The van der Waals surface area contributed by atoms with Gasteiger partial charge in [0.1, 0.15) is 12.4 Å². The van der Waals surface area contributed by atoms with Crippen molar-refractivity contribution >= 4 is 17.8 Å². The van der Waals surface area contributed by atoms with E-state index < -0.39 is 17.7 Å². The Hall–Kier alpha value is -2.44. The molecule has 1 saturated carbocycles. The van der Waals surface area contributed by atoms with E-state index in [1.807, 2.05) is 4.90 Å². The molecule has 1 aromatic rings. The Morgan fingerprint density at radius 3 is 2.74 bits per heavy atom. The lowest BCUT2D eigenvalue weighted by Crippen LogP contribution is -2.51. The van der Waals surface area contributed by atoms with E-state index in [2.05, 4.69) is 5.32 Å². The second kappa shape index (κ2) is 8.97. The van der Waals surface area contributed by atoms with Crippen molar-refractivity contribution in [2.75, 3.05) is 19.7 Å². The van der Waals surface area contributed by atoms with Crippen LogP contribution in [0, 0.1) is 11.7 Å². The molecule has 146 valence electrons. The van der Waals surface area contributed by atoms with E-state index in [1.54, 1.807) is 0 Å². The summed E-state index contributed by atoms with van der Waals surface area (Å²) in [6.45, 7) is 0.0421. The van der Waals surface area contributed by atoms with Crippen LogP contribution in [0.15, 0.2) is 24.3 Å². The van der Waals surface area contributed by atoms with Gasteiger partial charge in [-0.05, 0) is 49.8 Å². The molecule has 1 aliphatic carbocycles. The van der Waals surface area contributed by atoms with E-state index in [0.29, 0.717) is 12.5 Å². The van der Waals surface area contributed by atoms with E-state index in [1.165, 1.54) is 37.5 Å². The number of ether oxygens (including phenoxy) is 1. The van der Waals surface area contributed by atoms with Crippen molar-refractivity contribution < 1.29 is 23.5 Å². The number of esters is 1. The highest BCUT2D eigenvalue weighted by molar-refractivity contribution is 5.96. The molecule has 0 spiro atoms. The van der Waals surface area contributed by atoms with Gasteiger partial charge in [-0.3, -0.25) is 14.4 Å². The van der Waals surface area contributed by atoms with E-state index in [4.69, 9.17) is 4.74 Å². The van der Waals surface area contributed by atoms with Gasteiger partial charge in [-0.25, -0.2) is 4.39 Å². The fourth-order valence-electron chi connectivity index (χ4n) is 4.09. The molecule has 6 nitrogen and oxygen atoms in total. The van der Waals surface area contributed by atoms with Gasteiger partial charge >= 0.3 is 5.97 Å². The average Bonchev–Trinajstić information content (AvgIpc) is 2.69. The fourth-order valence-corrected chi connectivity index (χ4v) is 4.09. The summed E-state index contributed by atoms with van der Waals surface area (Å²) >= 11 is 0. The molecule has 1 saturated heterocycles. The first-order valence-corrected chi connectivity index (χ1v) is 9.53. The van der Waals surface area contributed by atoms with Crippen LogP contribution in [0.1, 0.15) is 48.9 Å². The molecule has 1 aliphatic heterocycles. The van der Waals surface area contributed by atoms with Gasteiger partial charge < -0.3 is 15.0 Å². The maximum atomic E-state index is 13.1. The molecular weight excluding hydrogens is 351 g/mol. The summed E-state index contributed by atoms with van der Waals surface area (Å²) in [4.78, 5) is 38.1. The number of likely N-dealkylation sites (tertiary alicyclic amines) is 1. The first-order valence-electron chi connectivity index (χ1n) is 9.53. The summed E-state index contributed by atoms with van der Waals surface area (Å²) in [7, 11) is 0. The summed E-state index contributed by atoms with van der Waals surface area (Å²) < 4.78 is 18.1. The van der Waals surface area contributed by atoms with Crippen molar-refractivity contribution in [1.29, 1.82) is 0 Å². The molecule has 3 rings (SSSR count). The van der Waals surface area contributed by atoms with Crippen molar-refractivity contribution in [2.24, 2.45) is 5.92 Å². The zero-order valence-electron chi connectivity index (χ0n) is 15.3. The van der Waals surface area contributed by atoms with Crippen molar-refractivity contribution in [3.05, 3.63) is 35.6 Å². The van der Waals surface area contributed by atoms with Crippen LogP contribution in [0.5, 0.6) is 0 Å². The zero-order valence-corrected chi connectivity index (χ0v) is 15.3. The summed E-state index contributed by atoms with van der Waals surface area (Å²) in [5, 5.41) is 2.37. The number of halogens is 1. The Labute approximate surface area is 158 Å². The highest BCUT2D eigenvalue weighted by Gasteiger charge is 2.35. The summed E-state index contributed by atoms with van der Waals surface area (Å²) in [5.74, 6) is -1.39. The Kier molecular flexibility index (Phi) is 6.42. The number of rotatable bonds is 5. The molecule has 0 bridgehead atoms. The van der Waals surface area contributed by atoms with Crippen LogP contribution in [0.2, 0.25) is 0 Å². The molecular formula is C20H25FN2O4. The van der Waals surface area contributed by atoms with Crippen molar-refractivity contribution in [3.63, 3.8) is 0 Å². The number of carbonyl (C=O) groups excluding carboxylic acids is 3. The minimum absolute atomic E-state index is 0.121. The molecule has 0 unspecified atom stereocenters. The third kappa shape index (κ3) is 5.05. The monoisotopic (exact) mass is 376 g/mol. The Morgan fingerprint density at radius 2 is 1.93 bits per heavy atom. The Morgan fingerprint density at radius 1 is 1.15 bits per heavy atom. The van der Waals surface area contributed by atoms with Crippen LogP contribution in [-0.4, -0.2) is 48.4 Å². The van der Waals surface area contributed by atoms with Crippen LogP contribution < -0.4 is 5.32 Å². The van der Waals surface area contributed by atoms with Crippen LogP contribution in [0.25, 0.3) is 0 Å². The lowest BCUT2D eigenvalue weighted by atomic mass is 9.78. The molecule has 7 heteroatoms. The standard InChI is InChI=1S/C20H25FN2O4/c21-16-8-3-6-15(11-16)20(26)22-12-19(25)27-13-18(24)23-10-4-7-14-5-1-2-9-17(14)23/h3,6,8,11,14,17H,1-2,4-5,7,9-10,12-13H2,(H,22,26)/t14-,17+/m0/s1. The minimum atomic E-state index is -0.690. The van der Waals surface area contributed by atoms with Crippen LogP contribution in [0.4, 0.5) is 4.39 Å². The fraction of sp³-hybridized carbons (Fsp3) is 0.550. The lowest BCUT2D eigenvalue weighted by Gasteiger charge is -2.44. The van der Waals surface area contributed by atoms with Crippen LogP contribution in [0.3, 0.4) is 0 Å². The van der Waals surface area contributed by atoms with Crippen molar-refractivity contribution in [1.82, 2.24) is 10.2 Å². The largest absolute Gasteiger partial charge is 0.454 e. The number of nitrogens with zero attached hydrogens (tertiary/aromatic N) is 1. The van der Waals surface area contributed by atoms with Gasteiger partial charge in [0.25, 0.3) is 11.8 Å². The summed E-state index contributed by atoms with van der Waals surface area (Å²) in [6, 6.07) is 5.45. The molecule has 2 atom stereocenters. The first-order chi connectivity index (χ1) is 13.0. The SMILES string of the molecule is O=C(CNC(=O)c1cccc(F)c1)OCC(=O)N1CCC[C@@H]2CCCC[C@H]21. The topological polar surface area (TPSA) is 75.7 Å². The third-order valence-corrected chi connectivity index (χ3v) is 5.40. The number of benzene rings is 1. The molecule has 27 heavy (non-hydrogen) atoms. The van der Waals surface area contributed by atoms with Crippen LogP contribution >= 0.6 is 0 Å². The van der Waals surface area contributed by atoms with Gasteiger partial charge in [-0.15, -0.1) is 0 Å². The van der Waals surface area contributed by atoms with Gasteiger partial charge in [0.15, 0.2) is 6.61 Å². The van der Waals surface area contributed by atoms with Gasteiger partial charge in [0.2, 0.25) is 0 Å². The number of piperidine rings is 1. The van der Waals surface area contributed by atoms with Crippen molar-refractivity contribution in [3.8, 4) is 0 Å². The molecule has 1 aromatic carbocycles. The van der Waals surface area contributed by atoms with E-state index in [9.17, 15) is 18.8 Å². The Balaban J connectivity index is 1.43. The van der Waals surface area contributed by atoms with E-state index in [-0.39, 0.29) is 30.7 Å². The first kappa shape index (κ1) is 19.3. The van der Waals surface area contributed by atoms with Crippen molar-refractivity contribution in [2.45, 2.75) is 44.6 Å². The average molecular weight is 376 g/mol. The number of carbonyl (C=O) groups is 3. The molecule has 2 fully saturated rings. The van der Waals surface area contributed by atoms with E-state index in [0.717, 1.165) is 25.3 Å². The smallest absolute Gasteiger partial charge is 0.325 e. The molecule has 0 radical (unpaired) electrons. The maximum Gasteiger partial charge on any atom is 0.325 e. The molecule has 1 heterocycles. The molecule has 0 aromatic heterocycles. The highest BCUT2D eigenvalue weighted by atomic mass is 19.1. The Bertz CT molecular complexity index is 707. The third-order valence-electron chi connectivity index (χ3n) is 5.40. The number of amides is 2. The van der Waals surface area contributed by atoms with E-state index >= 15 is 0 Å². The summed E-state index contributed by atoms with van der Waals surface area (Å²) in [5.41, 5.74) is 0.121. The second-order valence-corrected chi connectivity index (χ2v) is 7.19. The lowest BCUT2D eigenvalue weighted by molar-refractivity contribution is -0.154. The normalized spacial score (nSPS) is 21.9. The predicted octanol–water partition coefficient (Wildman–Crippen LogP) is 2.28. The quantitative estimate of drug-likeness (QED) is 0.800. The second-order valence-electron chi connectivity index (χ2n) is 7.19. The molecule has 2 aliphatic rings. The number of hydrogen-bond donors (Lipinski definition) is 1.